The first-order valence-electron chi connectivity index (χ1n) is 6.29. The van der Waals surface area contributed by atoms with Gasteiger partial charge in [0, 0.05) is 11.6 Å². The quantitative estimate of drug-likeness (QED) is 0.749. The van der Waals surface area contributed by atoms with Crippen LogP contribution >= 0.6 is 11.6 Å². The van der Waals surface area contributed by atoms with E-state index in [0.29, 0.717) is 6.04 Å². The van der Waals surface area contributed by atoms with E-state index in [0.717, 1.165) is 18.0 Å². The summed E-state index contributed by atoms with van der Waals surface area (Å²) in [6.07, 6.45) is 1.14. The molecule has 3 rings (SSSR count). The van der Waals surface area contributed by atoms with Gasteiger partial charge in [0.15, 0.2) is 0 Å². The fraction of sp³-hybridized carbons (Fsp3) is 0.250. The summed E-state index contributed by atoms with van der Waals surface area (Å²) in [6.45, 7) is 1.10. The van der Waals surface area contributed by atoms with Gasteiger partial charge in [0.25, 0.3) is 0 Å². The van der Waals surface area contributed by atoms with Gasteiger partial charge in [0.05, 0.1) is 6.04 Å². The van der Waals surface area contributed by atoms with Crippen molar-refractivity contribution in [1.82, 2.24) is 4.90 Å². The summed E-state index contributed by atoms with van der Waals surface area (Å²) in [7, 11) is 2.19. The normalized spacial score (nSPS) is 19.6. The van der Waals surface area contributed by atoms with Gasteiger partial charge in [-0.15, -0.1) is 0 Å². The Balaban J connectivity index is 2.07. The molecule has 1 aliphatic rings. The molecular weight excluding hydrogens is 242 g/mol. The van der Waals surface area contributed by atoms with Gasteiger partial charge >= 0.3 is 0 Å². The van der Waals surface area contributed by atoms with Crippen molar-refractivity contribution in [3.63, 3.8) is 0 Å². The highest BCUT2D eigenvalue weighted by molar-refractivity contribution is 6.30. The molecule has 1 atom stereocenters. The highest BCUT2D eigenvalue weighted by Crippen LogP contribution is 2.34. The Morgan fingerprint density at radius 3 is 2.56 bits per heavy atom. The summed E-state index contributed by atoms with van der Waals surface area (Å²) in [5.74, 6) is 0. The summed E-state index contributed by atoms with van der Waals surface area (Å²) in [6, 6.07) is 17.3. The van der Waals surface area contributed by atoms with Crippen molar-refractivity contribution in [3.8, 4) is 0 Å². The zero-order chi connectivity index (χ0) is 12.5. The van der Waals surface area contributed by atoms with E-state index in [1.54, 1.807) is 0 Å². The fourth-order valence-corrected chi connectivity index (χ4v) is 2.90. The van der Waals surface area contributed by atoms with Crippen molar-refractivity contribution in [2.75, 3.05) is 13.6 Å². The number of hydrogen-bond donors (Lipinski definition) is 0. The molecule has 0 bridgehead atoms. The van der Waals surface area contributed by atoms with Gasteiger partial charge < -0.3 is 0 Å². The second kappa shape index (κ2) is 4.75. The standard InChI is InChI=1S/C16H16ClN/c1-18-11-10-12-4-2-3-5-15(12)16(18)13-6-8-14(17)9-7-13/h2-9,16H,10-11H2,1H3. The van der Waals surface area contributed by atoms with Gasteiger partial charge in [0.1, 0.15) is 0 Å². The van der Waals surface area contributed by atoms with Crippen molar-refractivity contribution >= 4 is 11.6 Å². The number of rotatable bonds is 1. The molecule has 0 fully saturated rings. The topological polar surface area (TPSA) is 3.24 Å². The summed E-state index contributed by atoms with van der Waals surface area (Å²) >= 11 is 5.97. The van der Waals surface area contributed by atoms with Crippen LogP contribution in [-0.2, 0) is 6.42 Å². The Bertz CT molecular complexity index is 547. The molecule has 0 amide bonds. The number of likely N-dealkylation sites (N-methyl/N-ethyl adjacent to an activating group) is 1. The molecule has 0 N–H and O–H groups in total. The van der Waals surface area contributed by atoms with Crippen LogP contribution in [0, 0.1) is 0 Å². The lowest BCUT2D eigenvalue weighted by molar-refractivity contribution is 0.265. The first kappa shape index (κ1) is 11.8. The van der Waals surface area contributed by atoms with Crippen LogP contribution in [-0.4, -0.2) is 18.5 Å². The minimum absolute atomic E-state index is 0.354. The van der Waals surface area contributed by atoms with Gasteiger partial charge in [-0.25, -0.2) is 0 Å². The molecule has 2 aromatic carbocycles. The second-order valence-electron chi connectivity index (χ2n) is 4.88. The monoisotopic (exact) mass is 257 g/mol. The summed E-state index contributed by atoms with van der Waals surface area (Å²) in [5.41, 5.74) is 4.21. The zero-order valence-electron chi connectivity index (χ0n) is 10.4. The van der Waals surface area contributed by atoms with Gasteiger partial charge in [-0.05, 0) is 42.3 Å². The lowest BCUT2D eigenvalue weighted by atomic mass is 9.89. The second-order valence-corrected chi connectivity index (χ2v) is 5.32. The molecular formula is C16H16ClN. The molecule has 1 nitrogen and oxygen atoms in total. The maximum absolute atomic E-state index is 5.97. The highest BCUT2D eigenvalue weighted by Gasteiger charge is 2.25. The van der Waals surface area contributed by atoms with E-state index >= 15 is 0 Å². The summed E-state index contributed by atoms with van der Waals surface area (Å²) in [4.78, 5) is 2.41. The molecule has 2 heteroatoms. The molecule has 1 aliphatic heterocycles. The third kappa shape index (κ3) is 2.05. The maximum Gasteiger partial charge on any atom is 0.0602 e. The van der Waals surface area contributed by atoms with Crippen LogP contribution < -0.4 is 0 Å². The predicted octanol–water partition coefficient (Wildman–Crippen LogP) is 3.92. The molecule has 0 radical (unpaired) electrons. The van der Waals surface area contributed by atoms with Crippen molar-refractivity contribution in [3.05, 3.63) is 70.2 Å². The molecule has 0 spiro atoms. The number of benzene rings is 2. The SMILES string of the molecule is CN1CCc2ccccc2C1c1ccc(Cl)cc1. The van der Waals surface area contributed by atoms with Crippen molar-refractivity contribution in [2.24, 2.45) is 0 Å². The van der Waals surface area contributed by atoms with Crippen LogP contribution in [0.25, 0.3) is 0 Å². The molecule has 1 heterocycles. The number of nitrogens with zero attached hydrogens (tertiary/aromatic N) is 1. The molecule has 2 aromatic rings. The Labute approximate surface area is 113 Å². The van der Waals surface area contributed by atoms with E-state index in [9.17, 15) is 0 Å². The molecule has 0 aromatic heterocycles. The van der Waals surface area contributed by atoms with Gasteiger partial charge in [0.2, 0.25) is 0 Å². The Morgan fingerprint density at radius 1 is 1.06 bits per heavy atom. The average Bonchev–Trinajstić information content (AvgIpc) is 2.40. The van der Waals surface area contributed by atoms with Crippen molar-refractivity contribution < 1.29 is 0 Å². The van der Waals surface area contributed by atoms with E-state index in [-0.39, 0.29) is 0 Å². The van der Waals surface area contributed by atoms with Crippen LogP contribution in [0.2, 0.25) is 5.02 Å². The smallest absolute Gasteiger partial charge is 0.0602 e. The number of halogens is 1. The summed E-state index contributed by atoms with van der Waals surface area (Å²) in [5, 5.41) is 0.797. The predicted molar refractivity (Wildman–Crippen MR) is 76.1 cm³/mol. The maximum atomic E-state index is 5.97. The third-order valence-corrected chi connectivity index (χ3v) is 3.96. The van der Waals surface area contributed by atoms with E-state index in [2.05, 4.69) is 48.3 Å². The minimum Gasteiger partial charge on any atom is -0.295 e. The lowest BCUT2D eigenvalue weighted by Gasteiger charge is -2.35. The van der Waals surface area contributed by atoms with E-state index in [1.165, 1.54) is 16.7 Å². The lowest BCUT2D eigenvalue weighted by Crippen LogP contribution is -2.32. The molecule has 1 unspecified atom stereocenters. The third-order valence-electron chi connectivity index (χ3n) is 3.71. The fourth-order valence-electron chi connectivity index (χ4n) is 2.77. The summed E-state index contributed by atoms with van der Waals surface area (Å²) < 4.78 is 0. The van der Waals surface area contributed by atoms with E-state index in [4.69, 9.17) is 11.6 Å². The van der Waals surface area contributed by atoms with Crippen LogP contribution in [0.15, 0.2) is 48.5 Å². The van der Waals surface area contributed by atoms with Gasteiger partial charge in [-0.2, -0.15) is 0 Å². The Hall–Kier alpha value is -1.31. The Kier molecular flexibility index (Phi) is 3.11. The average molecular weight is 258 g/mol. The van der Waals surface area contributed by atoms with Crippen LogP contribution in [0.4, 0.5) is 0 Å². The van der Waals surface area contributed by atoms with Crippen molar-refractivity contribution in [2.45, 2.75) is 12.5 Å². The first-order valence-corrected chi connectivity index (χ1v) is 6.67. The largest absolute Gasteiger partial charge is 0.295 e. The molecule has 0 aliphatic carbocycles. The number of hydrogen-bond acceptors (Lipinski definition) is 1. The van der Waals surface area contributed by atoms with E-state index in [1.807, 2.05) is 12.1 Å². The molecule has 0 saturated heterocycles. The number of fused-ring (bicyclic) bond motifs is 1. The van der Waals surface area contributed by atoms with Crippen molar-refractivity contribution in [1.29, 1.82) is 0 Å². The van der Waals surface area contributed by atoms with E-state index < -0.39 is 0 Å². The van der Waals surface area contributed by atoms with Gasteiger partial charge in [-0.1, -0.05) is 48.0 Å². The van der Waals surface area contributed by atoms with Crippen LogP contribution in [0.5, 0.6) is 0 Å². The van der Waals surface area contributed by atoms with Gasteiger partial charge in [-0.3, -0.25) is 4.90 Å². The molecule has 0 saturated carbocycles. The van der Waals surface area contributed by atoms with Crippen LogP contribution in [0.1, 0.15) is 22.7 Å². The molecule has 92 valence electrons. The highest BCUT2D eigenvalue weighted by atomic mass is 35.5. The Morgan fingerprint density at radius 2 is 1.78 bits per heavy atom. The minimum atomic E-state index is 0.354. The zero-order valence-corrected chi connectivity index (χ0v) is 11.2. The molecule has 18 heavy (non-hydrogen) atoms. The van der Waals surface area contributed by atoms with Crippen LogP contribution in [0.3, 0.4) is 0 Å². The first-order chi connectivity index (χ1) is 8.75.